The number of aromatic amines is 1. The number of primary amides is 2. The lowest BCUT2D eigenvalue weighted by Gasteiger charge is -2.07. The Morgan fingerprint density at radius 1 is 1.12 bits per heavy atom. The molecule has 1 heterocycles. The van der Waals surface area contributed by atoms with E-state index in [9.17, 15) is 14.5 Å². The number of fused-ring (bicyclic) bond motifs is 1. The third-order valence-electron chi connectivity index (χ3n) is 3.77. The third kappa shape index (κ3) is 3.18. The van der Waals surface area contributed by atoms with E-state index in [2.05, 4.69) is 15.5 Å². The Labute approximate surface area is 147 Å². The fourth-order valence-corrected chi connectivity index (χ4v) is 2.64. The fraction of sp³-hybridized carbons (Fsp3) is 0.0588. The van der Waals surface area contributed by atoms with Gasteiger partial charge in [0, 0.05) is 11.5 Å². The van der Waals surface area contributed by atoms with E-state index in [1.165, 1.54) is 0 Å². The van der Waals surface area contributed by atoms with E-state index in [0.717, 1.165) is 0 Å². The molecule has 0 unspecified atom stereocenters. The van der Waals surface area contributed by atoms with E-state index in [-0.39, 0.29) is 11.4 Å². The summed E-state index contributed by atoms with van der Waals surface area (Å²) in [5, 5.41) is 5.77. The van der Waals surface area contributed by atoms with Crippen molar-refractivity contribution in [3.05, 3.63) is 52.4 Å². The number of anilines is 1. The molecule has 132 valence electrons. The molecule has 0 radical (unpaired) electrons. The predicted octanol–water partition coefficient (Wildman–Crippen LogP) is 3.26. The van der Waals surface area contributed by atoms with Gasteiger partial charge in [0.25, 0.3) is 5.91 Å². The van der Waals surface area contributed by atoms with Crippen LogP contribution in [0.4, 0.5) is 16.3 Å². The third-order valence-corrected chi connectivity index (χ3v) is 3.77. The number of aryl methyl sites for hydroxylation is 1. The number of ether oxygens (including phenoxy) is 1. The minimum Gasteiger partial charge on any atom is -0.457 e. The Morgan fingerprint density at radius 2 is 1.81 bits per heavy atom. The standard InChI is InChI=1S/C17H15N5O4/c1-8-6-9(3-5-12(8)22-25)26-10-2-4-11-13(7-10)20-16(21-17(19)24)14(11)15(18)23/h2-7,20H,1H3,(H2,18,23)(H3,19,21,24). The summed E-state index contributed by atoms with van der Waals surface area (Å²) in [5.74, 6) is 0.411. The van der Waals surface area contributed by atoms with Crippen LogP contribution in [0, 0.1) is 11.8 Å². The van der Waals surface area contributed by atoms with Crippen molar-refractivity contribution in [2.24, 2.45) is 16.6 Å². The maximum absolute atomic E-state index is 11.7. The molecule has 0 spiro atoms. The lowest BCUT2D eigenvalue weighted by atomic mass is 10.1. The Kier molecular flexibility index (Phi) is 4.27. The molecule has 2 aromatic carbocycles. The zero-order valence-electron chi connectivity index (χ0n) is 13.7. The lowest BCUT2D eigenvalue weighted by molar-refractivity contribution is 0.100. The molecule has 26 heavy (non-hydrogen) atoms. The van der Waals surface area contributed by atoms with Crippen LogP contribution in [0.1, 0.15) is 15.9 Å². The normalized spacial score (nSPS) is 10.5. The summed E-state index contributed by atoms with van der Waals surface area (Å²) >= 11 is 0. The van der Waals surface area contributed by atoms with Gasteiger partial charge in [-0.15, -0.1) is 4.91 Å². The number of hydrogen-bond donors (Lipinski definition) is 4. The van der Waals surface area contributed by atoms with Crippen LogP contribution < -0.4 is 21.5 Å². The molecule has 9 nitrogen and oxygen atoms in total. The molecule has 0 saturated carbocycles. The van der Waals surface area contributed by atoms with Gasteiger partial charge in [0.2, 0.25) is 0 Å². The first-order chi connectivity index (χ1) is 12.4. The number of aromatic nitrogens is 1. The number of rotatable bonds is 5. The van der Waals surface area contributed by atoms with Crippen molar-refractivity contribution in [1.82, 2.24) is 4.98 Å². The molecule has 0 aliphatic rings. The van der Waals surface area contributed by atoms with Crippen LogP contribution in [0.2, 0.25) is 0 Å². The molecular formula is C17H15N5O4. The second-order valence-electron chi connectivity index (χ2n) is 5.58. The first-order valence-electron chi connectivity index (χ1n) is 7.53. The van der Waals surface area contributed by atoms with Crippen molar-refractivity contribution in [2.75, 3.05) is 5.32 Å². The highest BCUT2D eigenvalue weighted by Crippen LogP contribution is 2.32. The highest BCUT2D eigenvalue weighted by molar-refractivity contribution is 6.13. The summed E-state index contributed by atoms with van der Waals surface area (Å²) in [4.78, 5) is 36.3. The van der Waals surface area contributed by atoms with Gasteiger partial charge in [-0.1, -0.05) is 0 Å². The molecule has 1 aromatic heterocycles. The summed E-state index contributed by atoms with van der Waals surface area (Å²) in [6.45, 7) is 1.75. The first-order valence-corrected chi connectivity index (χ1v) is 7.53. The Bertz CT molecular complexity index is 1040. The second kappa shape index (κ2) is 6.55. The number of carbonyl (C=O) groups excluding carboxylic acids is 2. The van der Waals surface area contributed by atoms with E-state index in [1.54, 1.807) is 43.3 Å². The van der Waals surface area contributed by atoms with Gasteiger partial charge in [0.1, 0.15) is 23.0 Å². The number of benzene rings is 2. The number of nitrogens with zero attached hydrogens (tertiary/aromatic N) is 1. The van der Waals surface area contributed by atoms with Gasteiger partial charge in [-0.2, -0.15) is 0 Å². The number of hydrogen-bond acceptors (Lipinski definition) is 5. The quantitative estimate of drug-likeness (QED) is 0.520. The van der Waals surface area contributed by atoms with E-state index in [1.807, 2.05) is 0 Å². The maximum Gasteiger partial charge on any atom is 0.317 e. The number of nitroso groups, excluding NO2 is 1. The Morgan fingerprint density at radius 3 is 2.42 bits per heavy atom. The zero-order valence-corrected chi connectivity index (χ0v) is 13.7. The number of urea groups is 1. The summed E-state index contributed by atoms with van der Waals surface area (Å²) in [6, 6.07) is 8.98. The average Bonchev–Trinajstić information content (AvgIpc) is 2.91. The van der Waals surface area contributed by atoms with Crippen LogP contribution in [0.5, 0.6) is 11.5 Å². The van der Waals surface area contributed by atoms with E-state index >= 15 is 0 Å². The first kappa shape index (κ1) is 17.0. The average molecular weight is 353 g/mol. The molecule has 0 atom stereocenters. The van der Waals surface area contributed by atoms with Crippen LogP contribution in [0.3, 0.4) is 0 Å². The number of nitrogens with two attached hydrogens (primary N) is 2. The van der Waals surface area contributed by atoms with Gasteiger partial charge in [-0.3, -0.25) is 10.1 Å². The van der Waals surface area contributed by atoms with Crippen LogP contribution in [0.25, 0.3) is 10.9 Å². The molecule has 3 aromatic rings. The number of H-pyrrole nitrogens is 1. The zero-order chi connectivity index (χ0) is 18.8. The molecule has 9 heteroatoms. The van der Waals surface area contributed by atoms with Gasteiger partial charge >= 0.3 is 6.03 Å². The van der Waals surface area contributed by atoms with E-state index in [4.69, 9.17) is 16.2 Å². The molecule has 0 bridgehead atoms. The minimum atomic E-state index is -0.824. The van der Waals surface area contributed by atoms with Gasteiger partial charge in [-0.25, -0.2) is 4.79 Å². The van der Waals surface area contributed by atoms with Crippen LogP contribution in [-0.2, 0) is 0 Å². The number of nitrogens with one attached hydrogen (secondary N) is 2. The molecule has 0 saturated heterocycles. The minimum absolute atomic E-state index is 0.120. The molecular weight excluding hydrogens is 338 g/mol. The summed E-state index contributed by atoms with van der Waals surface area (Å²) in [5.41, 5.74) is 12.2. The number of carbonyl (C=O) groups is 2. The predicted molar refractivity (Wildman–Crippen MR) is 96.7 cm³/mol. The molecule has 0 fully saturated rings. The highest BCUT2D eigenvalue weighted by Gasteiger charge is 2.18. The van der Waals surface area contributed by atoms with Crippen molar-refractivity contribution in [3.8, 4) is 11.5 Å². The highest BCUT2D eigenvalue weighted by atomic mass is 16.5. The lowest BCUT2D eigenvalue weighted by Crippen LogP contribution is -2.22. The Hall–Kier alpha value is -3.88. The Balaban J connectivity index is 1.99. The SMILES string of the molecule is Cc1cc(Oc2ccc3c(C(N)=O)c(NC(N)=O)[nH]c3c2)ccc1N=O. The smallest absolute Gasteiger partial charge is 0.317 e. The summed E-state index contributed by atoms with van der Waals surface area (Å²) in [6.07, 6.45) is 0. The van der Waals surface area contributed by atoms with Gasteiger partial charge < -0.3 is 21.2 Å². The largest absolute Gasteiger partial charge is 0.457 e. The second-order valence-corrected chi connectivity index (χ2v) is 5.58. The van der Waals surface area contributed by atoms with E-state index < -0.39 is 11.9 Å². The molecule has 3 amide bonds. The summed E-state index contributed by atoms with van der Waals surface area (Å²) in [7, 11) is 0. The van der Waals surface area contributed by atoms with Crippen LogP contribution in [0.15, 0.2) is 41.6 Å². The van der Waals surface area contributed by atoms with Gasteiger partial charge in [0.05, 0.1) is 11.1 Å². The molecule has 6 N–H and O–H groups in total. The van der Waals surface area contributed by atoms with Crippen molar-refractivity contribution >= 4 is 34.3 Å². The van der Waals surface area contributed by atoms with E-state index in [0.29, 0.717) is 33.7 Å². The van der Waals surface area contributed by atoms with Crippen molar-refractivity contribution in [1.29, 1.82) is 0 Å². The molecule has 0 aliphatic heterocycles. The van der Waals surface area contributed by atoms with Crippen molar-refractivity contribution in [3.63, 3.8) is 0 Å². The van der Waals surface area contributed by atoms with Gasteiger partial charge in [0.15, 0.2) is 0 Å². The van der Waals surface area contributed by atoms with Crippen molar-refractivity contribution in [2.45, 2.75) is 6.92 Å². The summed E-state index contributed by atoms with van der Waals surface area (Å²) < 4.78 is 5.77. The number of amides is 3. The maximum atomic E-state index is 11.7. The van der Waals surface area contributed by atoms with Crippen LogP contribution in [-0.4, -0.2) is 16.9 Å². The topological polar surface area (TPSA) is 153 Å². The van der Waals surface area contributed by atoms with Crippen molar-refractivity contribution < 1.29 is 14.3 Å². The molecule has 3 rings (SSSR count). The monoisotopic (exact) mass is 353 g/mol. The fourth-order valence-electron chi connectivity index (χ4n) is 2.64. The molecule has 0 aliphatic carbocycles. The van der Waals surface area contributed by atoms with Crippen LogP contribution >= 0.6 is 0 Å². The van der Waals surface area contributed by atoms with Gasteiger partial charge in [-0.05, 0) is 48.0 Å².